The molecule has 2 rings (SSSR count). The molecule has 0 radical (unpaired) electrons. The number of halogens is 1. The molecular formula is C17H16BrN3O5. The van der Waals surface area contributed by atoms with Gasteiger partial charge < -0.3 is 19.9 Å². The first-order valence-electron chi connectivity index (χ1n) is 7.27. The minimum Gasteiger partial charge on any atom is -0.493 e. The molecule has 0 unspecified atom stereocenters. The molecule has 0 saturated carbocycles. The van der Waals surface area contributed by atoms with Crippen LogP contribution >= 0.6 is 15.9 Å². The maximum Gasteiger partial charge on any atom is 0.343 e. The van der Waals surface area contributed by atoms with E-state index in [1.165, 1.54) is 26.5 Å². The van der Waals surface area contributed by atoms with Gasteiger partial charge in [-0.3, -0.25) is 0 Å². The fourth-order valence-corrected chi connectivity index (χ4v) is 2.38. The number of esters is 1. The molecule has 0 fully saturated rings. The van der Waals surface area contributed by atoms with Gasteiger partial charge in [0, 0.05) is 10.0 Å². The molecule has 26 heavy (non-hydrogen) atoms. The summed E-state index contributed by atoms with van der Waals surface area (Å²) in [6.45, 7) is 0. The van der Waals surface area contributed by atoms with E-state index < -0.39 is 12.0 Å². The van der Waals surface area contributed by atoms with E-state index >= 15 is 0 Å². The predicted molar refractivity (Wildman–Crippen MR) is 99.0 cm³/mol. The SMILES string of the molecule is COc1ccc(C(=O)Oc2ccc(Br)cc2/C=N/NC(N)=O)cc1OC. The van der Waals surface area contributed by atoms with E-state index in [1.807, 2.05) is 0 Å². The molecular weight excluding hydrogens is 406 g/mol. The highest BCUT2D eigenvalue weighted by atomic mass is 79.9. The number of hydrogen-bond donors (Lipinski definition) is 2. The van der Waals surface area contributed by atoms with Crippen LogP contribution in [0.4, 0.5) is 4.79 Å². The fraction of sp³-hybridized carbons (Fsp3) is 0.118. The van der Waals surface area contributed by atoms with Gasteiger partial charge in [-0.2, -0.15) is 5.10 Å². The van der Waals surface area contributed by atoms with Gasteiger partial charge in [-0.1, -0.05) is 15.9 Å². The van der Waals surface area contributed by atoms with Crippen molar-refractivity contribution in [3.63, 3.8) is 0 Å². The number of primary amides is 1. The number of methoxy groups -OCH3 is 2. The molecule has 0 aliphatic rings. The molecule has 2 aromatic carbocycles. The molecule has 0 heterocycles. The number of hydrogen-bond acceptors (Lipinski definition) is 6. The van der Waals surface area contributed by atoms with Crippen molar-refractivity contribution < 1.29 is 23.8 Å². The lowest BCUT2D eigenvalue weighted by atomic mass is 10.2. The predicted octanol–water partition coefficient (Wildman–Crippen LogP) is 2.69. The molecule has 9 heteroatoms. The van der Waals surface area contributed by atoms with Crippen LogP contribution in [0.1, 0.15) is 15.9 Å². The Labute approximate surface area is 158 Å². The largest absolute Gasteiger partial charge is 0.493 e. The third-order valence-corrected chi connectivity index (χ3v) is 3.67. The van der Waals surface area contributed by atoms with Gasteiger partial charge >= 0.3 is 12.0 Å². The summed E-state index contributed by atoms with van der Waals surface area (Å²) in [5.74, 6) is 0.567. The van der Waals surface area contributed by atoms with Crippen LogP contribution < -0.4 is 25.4 Å². The lowest BCUT2D eigenvalue weighted by molar-refractivity contribution is 0.0734. The van der Waals surface area contributed by atoms with Crippen LogP contribution in [-0.4, -0.2) is 32.4 Å². The summed E-state index contributed by atoms with van der Waals surface area (Å²) in [4.78, 5) is 23.1. The zero-order valence-corrected chi connectivity index (χ0v) is 15.6. The molecule has 0 atom stereocenters. The van der Waals surface area contributed by atoms with Crippen molar-refractivity contribution in [1.29, 1.82) is 0 Å². The number of benzene rings is 2. The smallest absolute Gasteiger partial charge is 0.343 e. The van der Waals surface area contributed by atoms with Crippen LogP contribution in [0.3, 0.4) is 0 Å². The first kappa shape index (κ1) is 19.3. The molecule has 0 aliphatic heterocycles. The second-order valence-corrected chi connectivity index (χ2v) is 5.79. The summed E-state index contributed by atoms with van der Waals surface area (Å²) in [6, 6.07) is 8.84. The molecule has 2 aromatic rings. The third kappa shape index (κ3) is 4.96. The van der Waals surface area contributed by atoms with E-state index in [2.05, 4.69) is 26.5 Å². The number of ether oxygens (including phenoxy) is 3. The Kier molecular flexibility index (Phi) is 6.56. The van der Waals surface area contributed by atoms with Gasteiger partial charge in [-0.15, -0.1) is 0 Å². The zero-order valence-electron chi connectivity index (χ0n) is 14.0. The van der Waals surface area contributed by atoms with Gasteiger partial charge in [0.2, 0.25) is 0 Å². The van der Waals surface area contributed by atoms with Crippen molar-refractivity contribution in [1.82, 2.24) is 5.43 Å². The second-order valence-electron chi connectivity index (χ2n) is 4.88. The van der Waals surface area contributed by atoms with Crippen molar-refractivity contribution in [3.05, 3.63) is 52.0 Å². The number of nitrogens with zero attached hydrogens (tertiary/aromatic N) is 1. The normalized spacial score (nSPS) is 10.4. The Bertz CT molecular complexity index is 854. The van der Waals surface area contributed by atoms with Gasteiger partial charge in [-0.05, 0) is 36.4 Å². The Morgan fingerprint density at radius 1 is 1.08 bits per heavy atom. The monoisotopic (exact) mass is 421 g/mol. The zero-order chi connectivity index (χ0) is 19.1. The quantitative estimate of drug-likeness (QED) is 0.322. The minimum atomic E-state index is -0.805. The number of carbonyl (C=O) groups is 2. The third-order valence-electron chi connectivity index (χ3n) is 3.17. The van der Waals surface area contributed by atoms with Crippen LogP contribution in [-0.2, 0) is 0 Å². The molecule has 0 aromatic heterocycles. The number of hydrazone groups is 1. The summed E-state index contributed by atoms with van der Waals surface area (Å²) < 4.78 is 16.5. The van der Waals surface area contributed by atoms with E-state index in [4.69, 9.17) is 19.9 Å². The van der Waals surface area contributed by atoms with Crippen LogP contribution in [0.25, 0.3) is 0 Å². The lowest BCUT2D eigenvalue weighted by Crippen LogP contribution is -2.24. The van der Waals surface area contributed by atoms with Gasteiger partial charge in [0.15, 0.2) is 11.5 Å². The van der Waals surface area contributed by atoms with Crippen molar-refractivity contribution in [2.75, 3.05) is 14.2 Å². The number of urea groups is 1. The van der Waals surface area contributed by atoms with E-state index in [-0.39, 0.29) is 11.3 Å². The molecule has 0 aliphatic carbocycles. The van der Waals surface area contributed by atoms with Crippen LogP contribution in [0.15, 0.2) is 46.0 Å². The van der Waals surface area contributed by atoms with Crippen LogP contribution in [0.5, 0.6) is 17.2 Å². The Hall–Kier alpha value is -3.07. The summed E-state index contributed by atoms with van der Waals surface area (Å²) in [7, 11) is 2.98. The number of carbonyl (C=O) groups excluding carboxylic acids is 2. The maximum absolute atomic E-state index is 12.4. The fourth-order valence-electron chi connectivity index (χ4n) is 2.00. The summed E-state index contributed by atoms with van der Waals surface area (Å²) in [5, 5.41) is 3.67. The Morgan fingerprint density at radius 2 is 1.77 bits per heavy atom. The van der Waals surface area contributed by atoms with Crippen molar-refractivity contribution >= 4 is 34.1 Å². The van der Waals surface area contributed by atoms with E-state index in [0.717, 1.165) is 4.47 Å². The molecule has 0 spiro atoms. The van der Waals surface area contributed by atoms with Crippen molar-refractivity contribution in [2.45, 2.75) is 0 Å². The summed E-state index contributed by atoms with van der Waals surface area (Å²) >= 11 is 3.32. The van der Waals surface area contributed by atoms with E-state index in [0.29, 0.717) is 17.1 Å². The van der Waals surface area contributed by atoms with Gasteiger partial charge in [0.1, 0.15) is 5.75 Å². The van der Waals surface area contributed by atoms with Gasteiger partial charge in [-0.25, -0.2) is 15.0 Å². The highest BCUT2D eigenvalue weighted by Crippen LogP contribution is 2.29. The highest BCUT2D eigenvalue weighted by molar-refractivity contribution is 9.10. The molecule has 136 valence electrons. The molecule has 3 N–H and O–H groups in total. The first-order valence-corrected chi connectivity index (χ1v) is 8.06. The second kappa shape index (κ2) is 8.86. The minimum absolute atomic E-state index is 0.253. The standard InChI is InChI=1S/C17H16BrN3O5/c1-24-14-5-3-10(8-15(14)25-2)16(22)26-13-6-4-12(18)7-11(13)9-20-21-17(19)23/h3-9H,1-2H3,(H3,19,21,23)/b20-9+. The molecule has 8 nitrogen and oxygen atoms in total. The topological polar surface area (TPSA) is 112 Å². The van der Waals surface area contributed by atoms with Crippen molar-refractivity contribution in [2.24, 2.45) is 10.8 Å². The number of rotatable bonds is 6. The molecule has 0 bridgehead atoms. The van der Waals surface area contributed by atoms with Crippen LogP contribution in [0, 0.1) is 0 Å². The Morgan fingerprint density at radius 3 is 2.42 bits per heavy atom. The van der Waals surface area contributed by atoms with Crippen LogP contribution in [0.2, 0.25) is 0 Å². The first-order chi connectivity index (χ1) is 12.4. The number of amides is 2. The average molecular weight is 422 g/mol. The maximum atomic E-state index is 12.4. The van der Waals surface area contributed by atoms with Gasteiger partial charge in [0.05, 0.1) is 26.0 Å². The highest BCUT2D eigenvalue weighted by Gasteiger charge is 2.14. The number of nitrogens with one attached hydrogen (secondary N) is 1. The Balaban J connectivity index is 2.26. The summed E-state index contributed by atoms with van der Waals surface area (Å²) in [6.07, 6.45) is 1.31. The number of nitrogens with two attached hydrogens (primary N) is 1. The molecule has 0 saturated heterocycles. The average Bonchev–Trinajstić information content (AvgIpc) is 2.62. The van der Waals surface area contributed by atoms with E-state index in [1.54, 1.807) is 30.3 Å². The van der Waals surface area contributed by atoms with Gasteiger partial charge in [0.25, 0.3) is 0 Å². The molecule has 2 amide bonds. The van der Waals surface area contributed by atoms with Crippen molar-refractivity contribution in [3.8, 4) is 17.2 Å². The van der Waals surface area contributed by atoms with E-state index in [9.17, 15) is 9.59 Å². The summed E-state index contributed by atoms with van der Waals surface area (Å²) in [5.41, 5.74) is 7.77. The lowest BCUT2D eigenvalue weighted by Gasteiger charge is -2.11.